The van der Waals surface area contributed by atoms with Crippen LogP contribution in [0.3, 0.4) is 0 Å². The van der Waals surface area contributed by atoms with Gasteiger partial charge in [-0.15, -0.1) is 0 Å². The van der Waals surface area contributed by atoms with E-state index < -0.39 is 0 Å². The average molecular weight is 290 g/mol. The van der Waals surface area contributed by atoms with E-state index >= 15 is 0 Å². The number of hydrogen-bond donors (Lipinski definition) is 1. The van der Waals surface area contributed by atoms with Gasteiger partial charge in [-0.2, -0.15) is 0 Å². The van der Waals surface area contributed by atoms with Crippen molar-refractivity contribution < 1.29 is 4.92 Å². The number of hydrogen-bond acceptors (Lipinski definition) is 5. The lowest BCUT2D eigenvalue weighted by atomic mass is 9.99. The van der Waals surface area contributed by atoms with Crippen molar-refractivity contribution in [3.63, 3.8) is 0 Å². The van der Waals surface area contributed by atoms with Crippen molar-refractivity contribution in [2.75, 3.05) is 43.4 Å². The molecule has 6 nitrogen and oxygen atoms in total. The molecule has 1 atom stereocenters. The van der Waals surface area contributed by atoms with E-state index in [4.69, 9.17) is 0 Å². The quantitative estimate of drug-likeness (QED) is 0.683. The Morgan fingerprint density at radius 1 is 1.24 bits per heavy atom. The summed E-state index contributed by atoms with van der Waals surface area (Å²) in [6.45, 7) is 4.18. The highest BCUT2D eigenvalue weighted by molar-refractivity contribution is 5.64. The lowest BCUT2D eigenvalue weighted by Gasteiger charge is -2.44. The summed E-state index contributed by atoms with van der Waals surface area (Å²) in [6, 6.07) is 5.88. The van der Waals surface area contributed by atoms with Crippen LogP contribution in [0.15, 0.2) is 18.2 Å². The van der Waals surface area contributed by atoms with E-state index in [1.54, 1.807) is 19.2 Å². The second-order valence-corrected chi connectivity index (χ2v) is 5.88. The van der Waals surface area contributed by atoms with Crippen LogP contribution < -0.4 is 10.2 Å². The molecule has 0 aliphatic carbocycles. The minimum absolute atomic E-state index is 0.155. The number of nitro groups is 1. The molecule has 2 saturated heterocycles. The second-order valence-electron chi connectivity index (χ2n) is 5.88. The number of piperazine rings is 1. The van der Waals surface area contributed by atoms with Gasteiger partial charge in [0.1, 0.15) is 0 Å². The molecule has 3 rings (SSSR count). The van der Waals surface area contributed by atoms with Crippen LogP contribution in [0.4, 0.5) is 17.1 Å². The van der Waals surface area contributed by atoms with Crippen LogP contribution in [0.25, 0.3) is 0 Å². The molecule has 2 aliphatic rings. The number of fused-ring (bicyclic) bond motifs is 1. The highest BCUT2D eigenvalue weighted by atomic mass is 16.6. The van der Waals surface area contributed by atoms with E-state index in [1.807, 2.05) is 6.07 Å². The van der Waals surface area contributed by atoms with Crippen molar-refractivity contribution in [1.82, 2.24) is 4.90 Å². The Morgan fingerprint density at radius 2 is 2.10 bits per heavy atom. The summed E-state index contributed by atoms with van der Waals surface area (Å²) in [6.07, 6.45) is 3.84. The number of rotatable bonds is 3. The van der Waals surface area contributed by atoms with Crippen LogP contribution in [-0.4, -0.2) is 49.1 Å². The first-order valence-corrected chi connectivity index (χ1v) is 7.63. The molecule has 0 saturated carbocycles. The molecule has 2 heterocycles. The first-order chi connectivity index (χ1) is 10.2. The third-order valence-corrected chi connectivity index (χ3v) is 4.60. The molecular formula is C15H22N4O2. The van der Waals surface area contributed by atoms with Crippen LogP contribution in [-0.2, 0) is 0 Å². The zero-order valence-electron chi connectivity index (χ0n) is 12.4. The van der Waals surface area contributed by atoms with Crippen molar-refractivity contribution in [3.8, 4) is 0 Å². The summed E-state index contributed by atoms with van der Waals surface area (Å²) >= 11 is 0. The Kier molecular flexibility index (Phi) is 3.96. The van der Waals surface area contributed by atoms with Crippen LogP contribution >= 0.6 is 0 Å². The molecule has 0 radical (unpaired) electrons. The summed E-state index contributed by atoms with van der Waals surface area (Å²) < 4.78 is 0. The van der Waals surface area contributed by atoms with Gasteiger partial charge >= 0.3 is 0 Å². The summed E-state index contributed by atoms with van der Waals surface area (Å²) in [7, 11) is 1.79. The number of nitrogens with zero attached hydrogens (tertiary/aromatic N) is 3. The Balaban J connectivity index is 1.82. The first kappa shape index (κ1) is 14.1. The molecule has 1 N–H and O–H groups in total. The first-order valence-electron chi connectivity index (χ1n) is 7.63. The van der Waals surface area contributed by atoms with Gasteiger partial charge in [0.15, 0.2) is 0 Å². The van der Waals surface area contributed by atoms with E-state index in [1.165, 1.54) is 25.8 Å². The van der Waals surface area contributed by atoms with Crippen molar-refractivity contribution in [3.05, 3.63) is 28.3 Å². The molecule has 2 fully saturated rings. The molecule has 6 heteroatoms. The molecule has 1 unspecified atom stereocenters. The molecule has 0 spiro atoms. The number of nitrogens with one attached hydrogen (secondary N) is 1. The predicted molar refractivity (Wildman–Crippen MR) is 84.1 cm³/mol. The third kappa shape index (κ3) is 2.95. The van der Waals surface area contributed by atoms with Gasteiger partial charge in [-0.05, 0) is 25.5 Å². The molecule has 1 aromatic rings. The normalized spacial score (nSPS) is 22.7. The highest BCUT2D eigenvalue weighted by Crippen LogP contribution is 2.30. The number of piperidine rings is 1. The maximum atomic E-state index is 11.1. The maximum absolute atomic E-state index is 11.1. The van der Waals surface area contributed by atoms with E-state index in [9.17, 15) is 10.1 Å². The van der Waals surface area contributed by atoms with Crippen LogP contribution in [0.1, 0.15) is 19.3 Å². The smallest absolute Gasteiger partial charge is 0.273 e. The van der Waals surface area contributed by atoms with Crippen molar-refractivity contribution in [1.29, 1.82) is 0 Å². The largest absolute Gasteiger partial charge is 0.388 e. The molecule has 114 valence electrons. The van der Waals surface area contributed by atoms with Crippen LogP contribution in [0.2, 0.25) is 0 Å². The third-order valence-electron chi connectivity index (χ3n) is 4.60. The Bertz CT molecular complexity index is 534. The molecule has 2 aliphatic heterocycles. The molecule has 1 aromatic carbocycles. The number of benzene rings is 1. The topological polar surface area (TPSA) is 61.6 Å². The molecule has 0 bridgehead atoms. The Hall–Kier alpha value is -1.82. The highest BCUT2D eigenvalue weighted by Gasteiger charge is 2.29. The second kappa shape index (κ2) is 5.89. The van der Waals surface area contributed by atoms with Gasteiger partial charge in [-0.25, -0.2) is 0 Å². The summed E-state index contributed by atoms with van der Waals surface area (Å²) in [5.41, 5.74) is 1.91. The lowest BCUT2D eigenvalue weighted by molar-refractivity contribution is -0.384. The predicted octanol–water partition coefficient (Wildman–Crippen LogP) is 2.31. The van der Waals surface area contributed by atoms with Crippen molar-refractivity contribution in [2.24, 2.45) is 0 Å². The van der Waals surface area contributed by atoms with Crippen LogP contribution in [0.5, 0.6) is 0 Å². The monoisotopic (exact) mass is 290 g/mol. The fourth-order valence-electron chi connectivity index (χ4n) is 3.42. The lowest BCUT2D eigenvalue weighted by Crippen LogP contribution is -2.54. The van der Waals surface area contributed by atoms with E-state index in [0.29, 0.717) is 6.04 Å². The number of non-ortho nitro benzene ring substituents is 1. The van der Waals surface area contributed by atoms with Gasteiger partial charge in [-0.3, -0.25) is 15.0 Å². The van der Waals surface area contributed by atoms with Gasteiger partial charge in [0.2, 0.25) is 0 Å². The maximum Gasteiger partial charge on any atom is 0.273 e. The van der Waals surface area contributed by atoms with Crippen molar-refractivity contribution in [2.45, 2.75) is 25.3 Å². The standard InChI is InChI=1S/C15H22N4O2/c1-16-12-8-14(10-15(9-12)19(20)21)18-7-6-17-5-3-2-4-13(17)11-18/h8-10,13,16H,2-7,11H2,1H3. The van der Waals surface area contributed by atoms with Gasteiger partial charge in [0.25, 0.3) is 5.69 Å². The Labute approximate surface area is 124 Å². The molecular weight excluding hydrogens is 268 g/mol. The van der Waals surface area contributed by atoms with Gasteiger partial charge < -0.3 is 10.2 Å². The molecule has 0 amide bonds. The molecule has 21 heavy (non-hydrogen) atoms. The zero-order valence-corrected chi connectivity index (χ0v) is 12.4. The minimum Gasteiger partial charge on any atom is -0.388 e. The Morgan fingerprint density at radius 3 is 2.86 bits per heavy atom. The minimum atomic E-state index is -0.318. The zero-order chi connectivity index (χ0) is 14.8. The van der Waals surface area contributed by atoms with Crippen molar-refractivity contribution >= 4 is 17.1 Å². The summed E-state index contributed by atoms with van der Waals surface area (Å²) in [5, 5.41) is 14.1. The van der Waals surface area contributed by atoms with Gasteiger partial charge in [-0.1, -0.05) is 6.42 Å². The van der Waals surface area contributed by atoms with E-state index in [-0.39, 0.29) is 10.6 Å². The van der Waals surface area contributed by atoms with E-state index in [0.717, 1.165) is 31.0 Å². The fourth-order valence-corrected chi connectivity index (χ4v) is 3.42. The molecule has 0 aromatic heterocycles. The fraction of sp³-hybridized carbons (Fsp3) is 0.600. The number of nitro benzene ring substituents is 1. The van der Waals surface area contributed by atoms with Gasteiger partial charge in [0, 0.05) is 56.2 Å². The average Bonchev–Trinajstić information content (AvgIpc) is 2.53. The van der Waals surface area contributed by atoms with Gasteiger partial charge in [0.05, 0.1) is 4.92 Å². The SMILES string of the molecule is CNc1cc(N2CCN3CCCCC3C2)cc([N+](=O)[O-])c1. The van der Waals surface area contributed by atoms with E-state index in [2.05, 4.69) is 15.1 Å². The summed E-state index contributed by atoms with van der Waals surface area (Å²) in [4.78, 5) is 15.6. The summed E-state index contributed by atoms with van der Waals surface area (Å²) in [5.74, 6) is 0. The number of anilines is 2. The van der Waals surface area contributed by atoms with Crippen LogP contribution in [0, 0.1) is 10.1 Å².